The van der Waals surface area contributed by atoms with Crippen molar-refractivity contribution in [3.63, 3.8) is 0 Å². The van der Waals surface area contributed by atoms with Crippen LogP contribution in [0.2, 0.25) is 0 Å². The lowest BCUT2D eigenvalue weighted by Gasteiger charge is -2.13. The molecule has 70 valence electrons. The van der Waals surface area contributed by atoms with Crippen LogP contribution in [0.1, 0.15) is 13.3 Å². The van der Waals surface area contributed by atoms with Crippen LogP contribution in [0.25, 0.3) is 0 Å². The molecular weight excluding hydrogens is 190 g/mol. The van der Waals surface area contributed by atoms with Crippen LogP contribution in [-0.4, -0.2) is 17.5 Å². The summed E-state index contributed by atoms with van der Waals surface area (Å²) in [5, 5.41) is -3.94. The van der Waals surface area contributed by atoms with E-state index < -0.39 is 17.5 Å². The molecule has 0 aliphatic carbocycles. The standard InChI is InChI=1S/C7H9ClF2O2/c1-3-4-5(2)12-6(11)7(8,9)10/h3,5H,1,4H2,2H3. The van der Waals surface area contributed by atoms with Crippen LogP contribution < -0.4 is 0 Å². The van der Waals surface area contributed by atoms with Crippen LogP contribution in [0.15, 0.2) is 12.7 Å². The third-order valence-electron chi connectivity index (χ3n) is 1.04. The first kappa shape index (κ1) is 11.4. The van der Waals surface area contributed by atoms with Crippen molar-refractivity contribution < 1.29 is 18.3 Å². The molecule has 0 saturated carbocycles. The highest BCUT2D eigenvalue weighted by Gasteiger charge is 2.38. The van der Waals surface area contributed by atoms with Gasteiger partial charge in [-0.3, -0.25) is 0 Å². The van der Waals surface area contributed by atoms with E-state index in [2.05, 4.69) is 22.9 Å². The van der Waals surface area contributed by atoms with Gasteiger partial charge in [-0.15, -0.1) is 6.58 Å². The van der Waals surface area contributed by atoms with E-state index in [0.29, 0.717) is 6.42 Å². The van der Waals surface area contributed by atoms with Crippen molar-refractivity contribution in [2.45, 2.75) is 24.8 Å². The number of alkyl halides is 3. The highest BCUT2D eigenvalue weighted by Crippen LogP contribution is 2.21. The zero-order chi connectivity index (χ0) is 9.78. The van der Waals surface area contributed by atoms with Gasteiger partial charge >= 0.3 is 11.4 Å². The second-order valence-electron chi connectivity index (χ2n) is 2.24. The van der Waals surface area contributed by atoms with Gasteiger partial charge in [-0.25, -0.2) is 4.79 Å². The van der Waals surface area contributed by atoms with Crippen molar-refractivity contribution in [2.24, 2.45) is 0 Å². The molecule has 0 saturated heterocycles. The molecule has 1 unspecified atom stereocenters. The number of halogens is 3. The molecule has 0 N–H and O–H groups in total. The van der Waals surface area contributed by atoms with Crippen LogP contribution in [-0.2, 0) is 9.53 Å². The van der Waals surface area contributed by atoms with Gasteiger partial charge in [0.1, 0.15) is 6.10 Å². The van der Waals surface area contributed by atoms with Gasteiger partial charge in [0.05, 0.1) is 0 Å². The van der Waals surface area contributed by atoms with Crippen LogP contribution in [0, 0.1) is 0 Å². The van der Waals surface area contributed by atoms with E-state index in [0.717, 1.165) is 0 Å². The number of hydrogen-bond acceptors (Lipinski definition) is 2. The Labute approximate surface area is 74.1 Å². The molecule has 0 amide bonds. The summed E-state index contributed by atoms with van der Waals surface area (Å²) in [5.74, 6) is -1.72. The van der Waals surface area contributed by atoms with Crippen LogP contribution >= 0.6 is 11.6 Å². The van der Waals surface area contributed by atoms with Crippen LogP contribution in [0.4, 0.5) is 8.78 Å². The molecule has 1 atom stereocenters. The molecule has 0 aromatic carbocycles. The maximum absolute atomic E-state index is 12.0. The van der Waals surface area contributed by atoms with Gasteiger partial charge in [0.25, 0.3) is 0 Å². The van der Waals surface area contributed by atoms with Gasteiger partial charge in [0, 0.05) is 6.42 Å². The maximum atomic E-state index is 12.0. The zero-order valence-electron chi connectivity index (χ0n) is 6.52. The predicted molar refractivity (Wildman–Crippen MR) is 41.2 cm³/mol. The Kier molecular flexibility index (Phi) is 4.17. The highest BCUT2D eigenvalue weighted by molar-refractivity contribution is 6.31. The predicted octanol–water partition coefficient (Wildman–Crippen LogP) is 2.33. The molecule has 0 heterocycles. The molecule has 0 aliphatic rings. The minimum absolute atomic E-state index is 0.318. The van der Waals surface area contributed by atoms with E-state index in [-0.39, 0.29) is 0 Å². The summed E-state index contributed by atoms with van der Waals surface area (Å²) >= 11 is 4.39. The third-order valence-corrected chi connectivity index (χ3v) is 1.19. The normalized spacial score (nSPS) is 13.7. The van der Waals surface area contributed by atoms with Gasteiger partial charge in [-0.1, -0.05) is 6.08 Å². The van der Waals surface area contributed by atoms with E-state index in [1.54, 1.807) is 0 Å². The Morgan fingerprint density at radius 2 is 2.33 bits per heavy atom. The van der Waals surface area contributed by atoms with Crippen molar-refractivity contribution in [3.05, 3.63) is 12.7 Å². The first-order valence-corrected chi connectivity index (χ1v) is 3.64. The number of esters is 1. The lowest BCUT2D eigenvalue weighted by Crippen LogP contribution is -2.27. The van der Waals surface area contributed by atoms with E-state index in [9.17, 15) is 13.6 Å². The zero-order valence-corrected chi connectivity index (χ0v) is 7.28. The minimum atomic E-state index is -3.94. The average molecular weight is 199 g/mol. The third kappa shape index (κ3) is 4.28. The fraction of sp³-hybridized carbons (Fsp3) is 0.571. The molecule has 0 aromatic heterocycles. The second-order valence-corrected chi connectivity index (χ2v) is 2.71. The monoisotopic (exact) mass is 198 g/mol. The summed E-state index contributed by atoms with van der Waals surface area (Å²) in [6.07, 6.45) is 1.16. The first-order chi connectivity index (χ1) is 5.38. The average Bonchev–Trinajstić information content (AvgIpc) is 1.85. The molecule has 0 fully saturated rings. The van der Waals surface area contributed by atoms with E-state index in [1.807, 2.05) is 0 Å². The molecule has 0 aromatic rings. The number of carbonyl (C=O) groups is 1. The van der Waals surface area contributed by atoms with Crippen molar-refractivity contribution in [1.82, 2.24) is 0 Å². The SMILES string of the molecule is C=CCC(C)OC(=O)C(F)(F)Cl. The van der Waals surface area contributed by atoms with Crippen molar-refractivity contribution in [2.75, 3.05) is 0 Å². The molecule has 0 aliphatic heterocycles. The summed E-state index contributed by atoms with van der Waals surface area (Å²) in [6.45, 7) is 4.83. The van der Waals surface area contributed by atoms with E-state index >= 15 is 0 Å². The highest BCUT2D eigenvalue weighted by atomic mass is 35.5. The second kappa shape index (κ2) is 4.40. The Morgan fingerprint density at radius 3 is 2.67 bits per heavy atom. The first-order valence-electron chi connectivity index (χ1n) is 3.26. The van der Waals surface area contributed by atoms with Gasteiger partial charge in [0.15, 0.2) is 0 Å². The largest absolute Gasteiger partial charge is 0.457 e. The summed E-state index contributed by atoms with van der Waals surface area (Å²) < 4.78 is 28.2. The lowest BCUT2D eigenvalue weighted by atomic mass is 10.3. The van der Waals surface area contributed by atoms with Gasteiger partial charge in [-0.05, 0) is 18.5 Å². The Hall–Kier alpha value is -0.640. The fourth-order valence-electron chi connectivity index (χ4n) is 0.532. The van der Waals surface area contributed by atoms with Crippen LogP contribution in [0.5, 0.6) is 0 Å². The molecule has 0 bridgehead atoms. The summed E-state index contributed by atoms with van der Waals surface area (Å²) in [7, 11) is 0. The smallest absolute Gasteiger partial charge is 0.417 e. The maximum Gasteiger partial charge on any atom is 0.417 e. The Balaban J connectivity index is 3.92. The topological polar surface area (TPSA) is 26.3 Å². The molecule has 0 radical (unpaired) electrons. The van der Waals surface area contributed by atoms with Gasteiger partial charge < -0.3 is 4.74 Å². The fourth-order valence-corrected chi connectivity index (χ4v) is 0.577. The van der Waals surface area contributed by atoms with Gasteiger partial charge in [-0.2, -0.15) is 8.78 Å². The number of hydrogen-bond donors (Lipinski definition) is 0. The minimum Gasteiger partial charge on any atom is -0.457 e. The molecule has 0 rings (SSSR count). The molecule has 0 spiro atoms. The lowest BCUT2D eigenvalue weighted by molar-refractivity contribution is -0.165. The Bertz CT molecular complexity index is 177. The number of carbonyl (C=O) groups excluding carboxylic acids is 1. The summed E-state index contributed by atoms with van der Waals surface area (Å²) in [4.78, 5) is 10.4. The van der Waals surface area contributed by atoms with Crippen LogP contribution in [0.3, 0.4) is 0 Å². The number of ether oxygens (including phenoxy) is 1. The van der Waals surface area contributed by atoms with Crippen molar-refractivity contribution >= 4 is 17.6 Å². The van der Waals surface area contributed by atoms with E-state index in [1.165, 1.54) is 13.0 Å². The number of rotatable bonds is 4. The Morgan fingerprint density at radius 1 is 1.83 bits per heavy atom. The molecular formula is C7H9ClF2O2. The summed E-state index contributed by atoms with van der Waals surface area (Å²) in [5.41, 5.74) is 0. The quantitative estimate of drug-likeness (QED) is 0.394. The van der Waals surface area contributed by atoms with Gasteiger partial charge in [0.2, 0.25) is 0 Å². The van der Waals surface area contributed by atoms with Crippen molar-refractivity contribution in [1.29, 1.82) is 0 Å². The van der Waals surface area contributed by atoms with E-state index in [4.69, 9.17) is 0 Å². The molecule has 5 heteroatoms. The van der Waals surface area contributed by atoms with Crippen molar-refractivity contribution in [3.8, 4) is 0 Å². The molecule has 12 heavy (non-hydrogen) atoms. The molecule has 2 nitrogen and oxygen atoms in total. The summed E-state index contributed by atoms with van der Waals surface area (Å²) in [6, 6.07) is 0.